The van der Waals surface area contributed by atoms with Gasteiger partial charge in [0.2, 0.25) is 0 Å². The van der Waals surface area contributed by atoms with Crippen molar-refractivity contribution in [3.63, 3.8) is 0 Å². The second-order valence-corrected chi connectivity index (χ2v) is 5.87. The lowest BCUT2D eigenvalue weighted by Gasteiger charge is -2.29. The minimum Gasteiger partial charge on any atom is -0.361 e. The van der Waals surface area contributed by atoms with Gasteiger partial charge >= 0.3 is 0 Å². The first-order valence-electron chi connectivity index (χ1n) is 6.99. The van der Waals surface area contributed by atoms with E-state index < -0.39 is 0 Å². The van der Waals surface area contributed by atoms with E-state index in [0.29, 0.717) is 12.0 Å². The van der Waals surface area contributed by atoms with Crippen molar-refractivity contribution < 1.29 is 4.52 Å². The summed E-state index contributed by atoms with van der Waals surface area (Å²) in [6.45, 7) is 12.8. The highest BCUT2D eigenvalue weighted by Crippen LogP contribution is 2.23. The second-order valence-electron chi connectivity index (χ2n) is 5.87. The Morgan fingerprint density at radius 3 is 2.78 bits per heavy atom. The summed E-state index contributed by atoms with van der Waals surface area (Å²) in [4.78, 5) is 2.48. The molecule has 0 aliphatic carbocycles. The third-order valence-electron chi connectivity index (χ3n) is 3.51. The van der Waals surface area contributed by atoms with Crippen LogP contribution in [0.4, 0.5) is 0 Å². The van der Waals surface area contributed by atoms with Crippen LogP contribution in [0.1, 0.15) is 44.7 Å². The zero-order valence-corrected chi connectivity index (χ0v) is 12.0. The molecule has 1 aromatic rings. The molecule has 4 nitrogen and oxygen atoms in total. The molecule has 0 amide bonds. The van der Waals surface area contributed by atoms with E-state index in [1.165, 1.54) is 5.56 Å². The van der Waals surface area contributed by atoms with E-state index in [1.54, 1.807) is 0 Å². The van der Waals surface area contributed by atoms with E-state index >= 15 is 0 Å². The molecule has 0 aromatic carbocycles. The van der Waals surface area contributed by atoms with Crippen molar-refractivity contribution in [3.05, 3.63) is 17.0 Å². The van der Waals surface area contributed by atoms with Crippen LogP contribution in [0.15, 0.2) is 4.52 Å². The van der Waals surface area contributed by atoms with Crippen LogP contribution in [0.3, 0.4) is 0 Å². The van der Waals surface area contributed by atoms with Crippen molar-refractivity contribution >= 4 is 0 Å². The molecular formula is C14H25N3O. The van der Waals surface area contributed by atoms with Crippen LogP contribution in [0.2, 0.25) is 0 Å². The van der Waals surface area contributed by atoms with Crippen molar-refractivity contribution in [2.45, 2.75) is 53.2 Å². The third-order valence-corrected chi connectivity index (χ3v) is 3.51. The Morgan fingerprint density at radius 1 is 1.33 bits per heavy atom. The van der Waals surface area contributed by atoms with E-state index in [0.717, 1.165) is 44.1 Å². The van der Waals surface area contributed by atoms with Crippen LogP contribution in [0.25, 0.3) is 0 Å². The lowest BCUT2D eigenvalue weighted by atomic mass is 10.0. The maximum atomic E-state index is 5.46. The van der Waals surface area contributed by atoms with Gasteiger partial charge in [-0.05, 0) is 26.3 Å². The quantitative estimate of drug-likeness (QED) is 0.871. The SMILES string of the molecule is CC(C)CNCc1noc2c1CN(C(C)C)CC2. The molecule has 1 aliphatic rings. The number of hydrogen-bond acceptors (Lipinski definition) is 4. The molecule has 0 bridgehead atoms. The van der Waals surface area contributed by atoms with Crippen molar-refractivity contribution in [3.8, 4) is 0 Å². The molecule has 2 heterocycles. The normalized spacial score (nSPS) is 16.6. The first-order chi connectivity index (χ1) is 8.58. The summed E-state index contributed by atoms with van der Waals surface area (Å²) in [7, 11) is 0. The fraction of sp³-hybridized carbons (Fsp3) is 0.786. The van der Waals surface area contributed by atoms with Gasteiger partial charge < -0.3 is 9.84 Å². The smallest absolute Gasteiger partial charge is 0.142 e. The largest absolute Gasteiger partial charge is 0.361 e. The third kappa shape index (κ3) is 3.12. The van der Waals surface area contributed by atoms with Crippen molar-refractivity contribution in [2.24, 2.45) is 5.92 Å². The Bertz CT molecular complexity index is 384. The molecule has 0 saturated heterocycles. The van der Waals surface area contributed by atoms with Crippen molar-refractivity contribution in [1.29, 1.82) is 0 Å². The predicted octanol–water partition coefficient (Wildman–Crippen LogP) is 2.19. The number of nitrogens with zero attached hydrogens (tertiary/aromatic N) is 2. The standard InChI is InChI=1S/C14H25N3O/c1-10(2)7-15-8-13-12-9-17(11(3)4)6-5-14(12)18-16-13/h10-11,15H,5-9H2,1-4H3. The van der Waals surface area contributed by atoms with Gasteiger partial charge in [-0.3, -0.25) is 4.90 Å². The van der Waals surface area contributed by atoms with Gasteiger partial charge in [-0.2, -0.15) is 0 Å². The monoisotopic (exact) mass is 251 g/mol. The van der Waals surface area contributed by atoms with Crippen molar-refractivity contribution in [2.75, 3.05) is 13.1 Å². The molecule has 0 spiro atoms. The van der Waals surface area contributed by atoms with Crippen LogP contribution >= 0.6 is 0 Å². The molecule has 1 N–H and O–H groups in total. The Kier molecular flexibility index (Phi) is 4.40. The first kappa shape index (κ1) is 13.6. The zero-order valence-electron chi connectivity index (χ0n) is 12.0. The average molecular weight is 251 g/mol. The van der Waals surface area contributed by atoms with Crippen LogP contribution in [-0.2, 0) is 19.5 Å². The molecule has 0 radical (unpaired) electrons. The fourth-order valence-electron chi connectivity index (χ4n) is 2.34. The van der Waals surface area contributed by atoms with Crippen LogP contribution in [0, 0.1) is 5.92 Å². The Labute approximate surface area is 110 Å². The Hall–Kier alpha value is -0.870. The minimum atomic E-state index is 0.588. The molecule has 0 saturated carbocycles. The molecule has 2 rings (SSSR count). The molecule has 0 fully saturated rings. The van der Waals surface area contributed by atoms with Crippen LogP contribution in [0.5, 0.6) is 0 Å². The zero-order chi connectivity index (χ0) is 13.1. The molecule has 4 heteroatoms. The highest BCUT2D eigenvalue weighted by Gasteiger charge is 2.24. The van der Waals surface area contributed by atoms with Gasteiger partial charge in [0.05, 0.1) is 0 Å². The molecule has 1 aliphatic heterocycles. The molecule has 0 atom stereocenters. The fourth-order valence-corrected chi connectivity index (χ4v) is 2.34. The summed E-state index contributed by atoms with van der Waals surface area (Å²) in [5.41, 5.74) is 2.40. The van der Waals surface area contributed by atoms with Gasteiger partial charge in [0, 0.05) is 37.7 Å². The number of hydrogen-bond donors (Lipinski definition) is 1. The summed E-state index contributed by atoms with van der Waals surface area (Å²) in [5.74, 6) is 1.76. The number of nitrogens with one attached hydrogen (secondary N) is 1. The molecule has 102 valence electrons. The topological polar surface area (TPSA) is 41.3 Å². The highest BCUT2D eigenvalue weighted by atomic mass is 16.5. The van der Waals surface area contributed by atoms with Gasteiger partial charge in [-0.25, -0.2) is 0 Å². The second kappa shape index (κ2) is 5.85. The van der Waals surface area contributed by atoms with Gasteiger partial charge in [0.25, 0.3) is 0 Å². The first-order valence-corrected chi connectivity index (χ1v) is 6.99. The summed E-state index contributed by atoms with van der Waals surface area (Å²) in [6, 6.07) is 0.588. The predicted molar refractivity (Wildman–Crippen MR) is 72.3 cm³/mol. The minimum absolute atomic E-state index is 0.588. The molecule has 18 heavy (non-hydrogen) atoms. The lowest BCUT2D eigenvalue weighted by molar-refractivity contribution is 0.192. The summed E-state index contributed by atoms with van der Waals surface area (Å²) >= 11 is 0. The van der Waals surface area contributed by atoms with Gasteiger partial charge in [0.15, 0.2) is 0 Å². The van der Waals surface area contributed by atoms with Gasteiger partial charge in [-0.1, -0.05) is 19.0 Å². The Balaban J connectivity index is 1.99. The van der Waals surface area contributed by atoms with E-state index in [1.807, 2.05) is 0 Å². The maximum Gasteiger partial charge on any atom is 0.142 e. The van der Waals surface area contributed by atoms with Gasteiger partial charge in [-0.15, -0.1) is 0 Å². The summed E-state index contributed by atoms with van der Waals surface area (Å²) in [5, 5.41) is 7.66. The molecule has 1 aromatic heterocycles. The lowest BCUT2D eigenvalue weighted by Crippen LogP contribution is -2.36. The Morgan fingerprint density at radius 2 is 2.11 bits per heavy atom. The molecule has 0 unspecified atom stereocenters. The van der Waals surface area contributed by atoms with Crippen LogP contribution in [-0.4, -0.2) is 29.2 Å². The van der Waals surface area contributed by atoms with E-state index in [2.05, 4.69) is 43.1 Å². The molecular weight excluding hydrogens is 226 g/mol. The number of rotatable bonds is 5. The number of aromatic nitrogens is 1. The maximum absolute atomic E-state index is 5.46. The van der Waals surface area contributed by atoms with Crippen LogP contribution < -0.4 is 5.32 Å². The van der Waals surface area contributed by atoms with E-state index in [9.17, 15) is 0 Å². The average Bonchev–Trinajstić information content (AvgIpc) is 2.71. The highest BCUT2D eigenvalue weighted by molar-refractivity contribution is 5.25. The van der Waals surface area contributed by atoms with E-state index in [4.69, 9.17) is 4.52 Å². The van der Waals surface area contributed by atoms with Gasteiger partial charge in [0.1, 0.15) is 11.5 Å². The number of fused-ring (bicyclic) bond motifs is 1. The van der Waals surface area contributed by atoms with E-state index in [-0.39, 0.29) is 0 Å². The van der Waals surface area contributed by atoms with Crippen molar-refractivity contribution in [1.82, 2.24) is 15.4 Å². The summed E-state index contributed by atoms with van der Waals surface area (Å²) < 4.78 is 5.46. The summed E-state index contributed by atoms with van der Waals surface area (Å²) in [6.07, 6.45) is 0.991.